The molecule has 0 saturated carbocycles. The van der Waals surface area contributed by atoms with E-state index in [1.807, 2.05) is 18.2 Å². The average Bonchev–Trinajstić information content (AvgIpc) is 2.94. The van der Waals surface area contributed by atoms with Crippen LogP contribution < -0.4 is 10.6 Å². The highest BCUT2D eigenvalue weighted by Gasteiger charge is 2.09. The van der Waals surface area contributed by atoms with E-state index in [0.717, 1.165) is 61.0 Å². The zero-order chi connectivity index (χ0) is 18.1. The third-order valence-electron chi connectivity index (χ3n) is 4.13. The Bertz CT molecular complexity index is 687. The summed E-state index contributed by atoms with van der Waals surface area (Å²) in [7, 11) is 3.81. The molecular formula is C19H31IN4O2. The van der Waals surface area contributed by atoms with Crippen LogP contribution in [0.2, 0.25) is 0 Å². The van der Waals surface area contributed by atoms with Gasteiger partial charge < -0.3 is 24.7 Å². The van der Waals surface area contributed by atoms with Crippen molar-refractivity contribution in [3.8, 4) is 0 Å². The molecule has 0 spiro atoms. The number of aryl methyl sites for hydroxylation is 1. The second kappa shape index (κ2) is 12.1. The van der Waals surface area contributed by atoms with Gasteiger partial charge in [0.1, 0.15) is 17.9 Å². The van der Waals surface area contributed by atoms with E-state index in [1.54, 1.807) is 7.11 Å². The minimum absolute atomic E-state index is 0. The number of hydrogen-bond acceptors (Lipinski definition) is 4. The summed E-state index contributed by atoms with van der Waals surface area (Å²) in [5, 5.41) is 7.80. The second-order valence-electron chi connectivity index (χ2n) is 6.06. The fourth-order valence-electron chi connectivity index (χ4n) is 2.59. The maximum absolute atomic E-state index is 5.93. The Kier molecular flexibility index (Phi) is 10.6. The summed E-state index contributed by atoms with van der Waals surface area (Å²) >= 11 is 0. The van der Waals surface area contributed by atoms with Crippen LogP contribution in [0, 0.1) is 6.92 Å². The number of fused-ring (bicyclic) bond motifs is 1. The topological polar surface area (TPSA) is 62.0 Å². The summed E-state index contributed by atoms with van der Waals surface area (Å²) in [6.45, 7) is 8.92. The molecule has 6 nitrogen and oxygen atoms in total. The van der Waals surface area contributed by atoms with Gasteiger partial charge in [-0.3, -0.25) is 0 Å². The van der Waals surface area contributed by atoms with Gasteiger partial charge in [-0.1, -0.05) is 18.2 Å². The molecule has 26 heavy (non-hydrogen) atoms. The Morgan fingerprint density at radius 2 is 2.00 bits per heavy atom. The number of likely N-dealkylation sites (N-methyl/N-ethyl adjacent to an activating group) is 1. The minimum Gasteiger partial charge on any atom is -0.459 e. The van der Waals surface area contributed by atoms with Gasteiger partial charge in [-0.15, -0.1) is 24.0 Å². The minimum atomic E-state index is 0. The van der Waals surface area contributed by atoms with Crippen LogP contribution in [0.4, 0.5) is 0 Å². The van der Waals surface area contributed by atoms with Crippen molar-refractivity contribution in [3.63, 3.8) is 0 Å². The Hall–Kier alpha value is -1.32. The van der Waals surface area contributed by atoms with Gasteiger partial charge >= 0.3 is 0 Å². The highest BCUT2D eigenvalue weighted by atomic mass is 127. The lowest BCUT2D eigenvalue weighted by molar-refractivity contribution is 0.162. The Balaban J connectivity index is 0.00000338. The number of aliphatic imine (C=N–C) groups is 1. The Morgan fingerprint density at radius 3 is 2.69 bits per heavy atom. The van der Waals surface area contributed by atoms with Crippen LogP contribution in [0.1, 0.15) is 18.2 Å². The number of hydrogen-bond donors (Lipinski definition) is 2. The molecule has 0 saturated heterocycles. The van der Waals surface area contributed by atoms with Crippen LogP contribution in [0.5, 0.6) is 0 Å². The number of benzene rings is 1. The average molecular weight is 474 g/mol. The van der Waals surface area contributed by atoms with Crippen LogP contribution in [-0.2, 0) is 11.3 Å². The van der Waals surface area contributed by atoms with Crippen molar-refractivity contribution in [3.05, 3.63) is 35.6 Å². The first-order chi connectivity index (χ1) is 12.2. The molecule has 0 unspecified atom stereocenters. The van der Waals surface area contributed by atoms with E-state index in [1.165, 1.54) is 0 Å². The van der Waals surface area contributed by atoms with Crippen LogP contribution in [0.15, 0.2) is 33.7 Å². The number of methoxy groups -OCH3 is 1. The number of furan rings is 1. The van der Waals surface area contributed by atoms with Crippen LogP contribution in [0.3, 0.4) is 0 Å². The molecule has 0 aliphatic heterocycles. The maximum atomic E-state index is 5.93. The number of ether oxygens (including phenoxy) is 1. The van der Waals surface area contributed by atoms with E-state index in [-0.39, 0.29) is 24.0 Å². The lowest BCUT2D eigenvalue weighted by Gasteiger charge is -2.17. The SMILES string of the molecule is CCNC(=NCc1oc2ccccc2c1C)NCCN(C)CCOC.I. The van der Waals surface area contributed by atoms with Gasteiger partial charge in [-0.2, -0.15) is 0 Å². The molecule has 1 heterocycles. The summed E-state index contributed by atoms with van der Waals surface area (Å²) in [5.74, 6) is 1.72. The summed E-state index contributed by atoms with van der Waals surface area (Å²) in [6, 6.07) is 8.10. The molecule has 1 aromatic heterocycles. The van der Waals surface area contributed by atoms with Crippen molar-refractivity contribution < 1.29 is 9.15 Å². The third kappa shape index (κ3) is 6.77. The highest BCUT2D eigenvalue weighted by Crippen LogP contribution is 2.25. The normalized spacial score (nSPS) is 11.7. The van der Waals surface area contributed by atoms with Gasteiger partial charge in [0.05, 0.1) is 6.61 Å². The first-order valence-electron chi connectivity index (χ1n) is 8.82. The third-order valence-corrected chi connectivity index (χ3v) is 4.13. The molecule has 1 aromatic carbocycles. The van der Waals surface area contributed by atoms with Gasteiger partial charge in [-0.05, 0) is 27.0 Å². The Morgan fingerprint density at radius 1 is 1.23 bits per heavy atom. The molecule has 0 aliphatic rings. The molecule has 2 aromatic rings. The summed E-state index contributed by atoms with van der Waals surface area (Å²) in [5.41, 5.74) is 2.08. The number of halogens is 1. The van der Waals surface area contributed by atoms with Crippen molar-refractivity contribution in [2.75, 3.05) is 46.9 Å². The number of para-hydroxylation sites is 1. The van der Waals surface area contributed by atoms with E-state index in [9.17, 15) is 0 Å². The van der Waals surface area contributed by atoms with Crippen LogP contribution in [-0.4, -0.2) is 57.8 Å². The molecule has 0 fully saturated rings. The second-order valence-corrected chi connectivity index (χ2v) is 6.06. The van der Waals surface area contributed by atoms with Gasteiger partial charge in [0.25, 0.3) is 0 Å². The summed E-state index contributed by atoms with van der Waals surface area (Å²) < 4.78 is 11.0. The first kappa shape index (κ1) is 22.7. The van der Waals surface area contributed by atoms with E-state index in [4.69, 9.17) is 9.15 Å². The molecule has 2 N–H and O–H groups in total. The quantitative estimate of drug-likeness (QED) is 0.333. The fourth-order valence-corrected chi connectivity index (χ4v) is 2.59. The van der Waals surface area contributed by atoms with Crippen LogP contribution in [0.25, 0.3) is 11.0 Å². The van der Waals surface area contributed by atoms with Gasteiger partial charge in [0.2, 0.25) is 0 Å². The van der Waals surface area contributed by atoms with E-state index in [2.05, 4.69) is 47.5 Å². The first-order valence-corrected chi connectivity index (χ1v) is 8.82. The molecule has 0 amide bonds. The van der Waals surface area contributed by atoms with Gasteiger partial charge in [0.15, 0.2) is 5.96 Å². The Labute approximate surface area is 173 Å². The van der Waals surface area contributed by atoms with E-state index >= 15 is 0 Å². The molecular weight excluding hydrogens is 443 g/mol. The van der Waals surface area contributed by atoms with E-state index in [0.29, 0.717) is 6.54 Å². The highest BCUT2D eigenvalue weighted by molar-refractivity contribution is 14.0. The molecule has 7 heteroatoms. The molecule has 0 bridgehead atoms. The molecule has 0 aliphatic carbocycles. The predicted molar refractivity (Wildman–Crippen MR) is 119 cm³/mol. The molecule has 2 rings (SSSR count). The number of guanidine groups is 1. The zero-order valence-electron chi connectivity index (χ0n) is 16.2. The van der Waals surface area contributed by atoms with Crippen molar-refractivity contribution in [1.29, 1.82) is 0 Å². The lowest BCUT2D eigenvalue weighted by Crippen LogP contribution is -2.41. The fraction of sp³-hybridized carbons (Fsp3) is 0.526. The smallest absolute Gasteiger partial charge is 0.191 e. The van der Waals surface area contributed by atoms with E-state index < -0.39 is 0 Å². The lowest BCUT2D eigenvalue weighted by atomic mass is 10.1. The summed E-state index contributed by atoms with van der Waals surface area (Å²) in [6.07, 6.45) is 0. The monoisotopic (exact) mass is 474 g/mol. The predicted octanol–water partition coefficient (Wildman–Crippen LogP) is 2.99. The molecule has 146 valence electrons. The number of rotatable bonds is 9. The number of nitrogens with one attached hydrogen (secondary N) is 2. The standard InChI is InChI=1S/C19H30N4O2.HI/c1-5-20-19(21-10-11-23(3)12-13-24-4)22-14-18-15(2)16-8-6-7-9-17(16)25-18;/h6-9H,5,10-14H2,1-4H3,(H2,20,21,22);1H. The molecule has 0 radical (unpaired) electrons. The van der Waals surface area contributed by atoms with Crippen molar-refractivity contribution in [2.24, 2.45) is 4.99 Å². The number of nitrogens with zero attached hydrogens (tertiary/aromatic N) is 2. The van der Waals surface area contributed by atoms with Crippen molar-refractivity contribution >= 4 is 40.9 Å². The van der Waals surface area contributed by atoms with Gasteiger partial charge in [-0.25, -0.2) is 4.99 Å². The largest absolute Gasteiger partial charge is 0.459 e. The van der Waals surface area contributed by atoms with Crippen molar-refractivity contribution in [1.82, 2.24) is 15.5 Å². The van der Waals surface area contributed by atoms with Crippen LogP contribution >= 0.6 is 24.0 Å². The zero-order valence-corrected chi connectivity index (χ0v) is 18.5. The molecule has 0 atom stereocenters. The summed E-state index contributed by atoms with van der Waals surface area (Å²) in [4.78, 5) is 6.88. The van der Waals surface area contributed by atoms with Crippen molar-refractivity contribution in [2.45, 2.75) is 20.4 Å². The van der Waals surface area contributed by atoms with Gasteiger partial charge in [0, 0.05) is 44.2 Å². The maximum Gasteiger partial charge on any atom is 0.191 e.